The fraction of sp³-hybridized carbons (Fsp3) is 0.688. The van der Waals surface area contributed by atoms with E-state index in [9.17, 15) is 0 Å². The predicted molar refractivity (Wildman–Crippen MR) is 87.4 cm³/mol. The molecule has 0 aliphatic carbocycles. The fourth-order valence-corrected chi connectivity index (χ4v) is 2.10. The summed E-state index contributed by atoms with van der Waals surface area (Å²) < 4.78 is 0. The lowest BCUT2D eigenvalue weighted by Crippen LogP contribution is -2.24. The topological polar surface area (TPSA) is 31.4 Å². The summed E-state index contributed by atoms with van der Waals surface area (Å²) in [5, 5.41) is 3.46. The van der Waals surface area contributed by atoms with Crippen molar-refractivity contribution < 1.29 is 0 Å². The number of nitrogens with one attached hydrogen (secondary N) is 1. The highest BCUT2D eigenvalue weighted by molar-refractivity contribution is 5.43. The molecule has 1 unspecified atom stereocenters. The van der Waals surface area contributed by atoms with Crippen LogP contribution in [0.5, 0.6) is 0 Å². The lowest BCUT2D eigenvalue weighted by Gasteiger charge is -2.21. The molecule has 0 spiro atoms. The lowest BCUT2D eigenvalue weighted by atomic mass is 10.2. The maximum Gasteiger partial charge on any atom is 0.0572 e. The van der Waals surface area contributed by atoms with Crippen molar-refractivity contribution in [2.45, 2.75) is 32.7 Å². The van der Waals surface area contributed by atoms with Crippen molar-refractivity contribution in [2.24, 2.45) is 0 Å². The molecular formula is C16H30N4. The number of anilines is 1. The molecule has 1 heterocycles. The van der Waals surface area contributed by atoms with Gasteiger partial charge < -0.3 is 15.1 Å². The molecule has 4 nitrogen and oxygen atoms in total. The van der Waals surface area contributed by atoms with Crippen LogP contribution in [0.15, 0.2) is 18.3 Å². The van der Waals surface area contributed by atoms with Crippen molar-refractivity contribution >= 4 is 5.69 Å². The van der Waals surface area contributed by atoms with E-state index in [0.29, 0.717) is 6.04 Å². The minimum absolute atomic E-state index is 0.322. The molecule has 0 aliphatic heterocycles. The van der Waals surface area contributed by atoms with Gasteiger partial charge in [-0.05, 0) is 59.1 Å². The number of aromatic nitrogens is 1. The molecule has 0 bridgehead atoms. The number of pyridine rings is 1. The summed E-state index contributed by atoms with van der Waals surface area (Å²) in [4.78, 5) is 9.07. The van der Waals surface area contributed by atoms with Gasteiger partial charge in [0.15, 0.2) is 0 Å². The van der Waals surface area contributed by atoms with Gasteiger partial charge in [0.2, 0.25) is 0 Å². The summed E-state index contributed by atoms with van der Waals surface area (Å²) in [7, 11) is 6.35. The summed E-state index contributed by atoms with van der Waals surface area (Å²) in [5.41, 5.74) is 2.30. The van der Waals surface area contributed by atoms with Gasteiger partial charge in [0.25, 0.3) is 0 Å². The van der Waals surface area contributed by atoms with Crippen LogP contribution in [0, 0.1) is 0 Å². The van der Waals surface area contributed by atoms with Gasteiger partial charge in [-0.3, -0.25) is 4.98 Å². The molecule has 114 valence electrons. The first kappa shape index (κ1) is 16.9. The van der Waals surface area contributed by atoms with E-state index in [4.69, 9.17) is 0 Å². The van der Waals surface area contributed by atoms with Gasteiger partial charge >= 0.3 is 0 Å². The standard InChI is InChI=1S/C16H30N4/c1-6-10-17-14(2)16-9-8-15(13-18-16)20(5)12-7-11-19(3)4/h8-9,13-14,17H,6-7,10-12H2,1-5H3. The molecule has 0 saturated carbocycles. The number of hydrogen-bond donors (Lipinski definition) is 1. The van der Waals surface area contributed by atoms with Crippen LogP contribution in [0.4, 0.5) is 5.69 Å². The minimum atomic E-state index is 0.322. The van der Waals surface area contributed by atoms with Gasteiger partial charge in [-0.15, -0.1) is 0 Å². The zero-order valence-corrected chi connectivity index (χ0v) is 13.7. The van der Waals surface area contributed by atoms with Gasteiger partial charge in [-0.1, -0.05) is 6.92 Å². The van der Waals surface area contributed by atoms with Gasteiger partial charge in [-0.2, -0.15) is 0 Å². The van der Waals surface area contributed by atoms with E-state index in [-0.39, 0.29) is 0 Å². The normalized spacial score (nSPS) is 12.7. The van der Waals surface area contributed by atoms with Crippen LogP contribution in [0.25, 0.3) is 0 Å². The SMILES string of the molecule is CCCNC(C)c1ccc(N(C)CCCN(C)C)cn1. The second-order valence-corrected chi connectivity index (χ2v) is 5.70. The van der Waals surface area contributed by atoms with Crippen molar-refractivity contribution in [3.8, 4) is 0 Å². The molecule has 0 aromatic carbocycles. The molecular weight excluding hydrogens is 248 g/mol. The van der Waals surface area contributed by atoms with Crippen LogP contribution in [0.3, 0.4) is 0 Å². The average molecular weight is 278 g/mol. The molecule has 1 aromatic heterocycles. The molecule has 20 heavy (non-hydrogen) atoms. The third-order valence-corrected chi connectivity index (χ3v) is 3.45. The summed E-state index contributed by atoms with van der Waals surface area (Å²) >= 11 is 0. The first-order chi connectivity index (χ1) is 9.54. The van der Waals surface area contributed by atoms with E-state index in [1.807, 2.05) is 6.20 Å². The summed E-state index contributed by atoms with van der Waals surface area (Å²) in [6.45, 7) is 7.56. The van der Waals surface area contributed by atoms with E-state index in [2.05, 4.69) is 67.2 Å². The van der Waals surface area contributed by atoms with Crippen LogP contribution < -0.4 is 10.2 Å². The molecule has 1 N–H and O–H groups in total. The molecule has 0 fully saturated rings. The number of rotatable bonds is 9. The third kappa shape index (κ3) is 5.88. The van der Waals surface area contributed by atoms with Crippen LogP contribution >= 0.6 is 0 Å². The largest absolute Gasteiger partial charge is 0.373 e. The second kappa shape index (κ2) is 8.93. The van der Waals surface area contributed by atoms with E-state index in [1.165, 1.54) is 12.1 Å². The first-order valence-corrected chi connectivity index (χ1v) is 7.59. The van der Waals surface area contributed by atoms with Crippen molar-refractivity contribution in [1.29, 1.82) is 0 Å². The molecule has 0 saturated heterocycles. The summed E-state index contributed by atoms with van der Waals surface area (Å²) in [6.07, 6.45) is 4.30. The second-order valence-electron chi connectivity index (χ2n) is 5.70. The molecule has 0 aliphatic rings. The summed E-state index contributed by atoms with van der Waals surface area (Å²) in [5.74, 6) is 0. The Morgan fingerprint density at radius 3 is 2.50 bits per heavy atom. The van der Waals surface area contributed by atoms with Gasteiger partial charge in [0, 0.05) is 19.6 Å². The Balaban J connectivity index is 2.48. The van der Waals surface area contributed by atoms with Crippen LogP contribution in [-0.2, 0) is 0 Å². The molecule has 0 amide bonds. The van der Waals surface area contributed by atoms with Gasteiger partial charge in [-0.25, -0.2) is 0 Å². The minimum Gasteiger partial charge on any atom is -0.373 e. The van der Waals surface area contributed by atoms with Crippen molar-refractivity contribution in [2.75, 3.05) is 45.7 Å². The Labute approximate surface area is 124 Å². The summed E-state index contributed by atoms with van der Waals surface area (Å²) in [6, 6.07) is 4.62. The maximum absolute atomic E-state index is 4.58. The molecule has 1 aromatic rings. The predicted octanol–water partition coefficient (Wildman–Crippen LogP) is 2.53. The molecule has 1 rings (SSSR count). The Morgan fingerprint density at radius 2 is 1.95 bits per heavy atom. The van der Waals surface area contributed by atoms with Crippen LogP contribution in [0.1, 0.15) is 38.4 Å². The van der Waals surface area contributed by atoms with Crippen LogP contribution in [-0.4, -0.2) is 50.7 Å². The average Bonchev–Trinajstić information content (AvgIpc) is 2.44. The quantitative estimate of drug-likeness (QED) is 0.752. The highest BCUT2D eigenvalue weighted by Gasteiger charge is 2.07. The zero-order chi connectivity index (χ0) is 15.0. The molecule has 1 atom stereocenters. The van der Waals surface area contributed by atoms with Gasteiger partial charge in [0.05, 0.1) is 17.6 Å². The Kier molecular flexibility index (Phi) is 7.55. The van der Waals surface area contributed by atoms with Crippen LogP contribution in [0.2, 0.25) is 0 Å². The van der Waals surface area contributed by atoms with Crippen molar-refractivity contribution in [3.05, 3.63) is 24.0 Å². The van der Waals surface area contributed by atoms with E-state index < -0.39 is 0 Å². The van der Waals surface area contributed by atoms with Gasteiger partial charge in [0.1, 0.15) is 0 Å². The lowest BCUT2D eigenvalue weighted by molar-refractivity contribution is 0.401. The molecule has 4 heteroatoms. The first-order valence-electron chi connectivity index (χ1n) is 7.59. The monoisotopic (exact) mass is 278 g/mol. The fourth-order valence-electron chi connectivity index (χ4n) is 2.10. The number of nitrogens with zero attached hydrogens (tertiary/aromatic N) is 3. The van der Waals surface area contributed by atoms with Crippen molar-refractivity contribution in [3.63, 3.8) is 0 Å². The maximum atomic E-state index is 4.58. The van der Waals surface area contributed by atoms with E-state index >= 15 is 0 Å². The third-order valence-electron chi connectivity index (χ3n) is 3.45. The molecule has 0 radical (unpaired) electrons. The van der Waals surface area contributed by atoms with E-state index in [1.54, 1.807) is 0 Å². The highest BCUT2D eigenvalue weighted by atomic mass is 15.1. The zero-order valence-electron chi connectivity index (χ0n) is 13.7. The Hall–Kier alpha value is -1.13. The Morgan fingerprint density at radius 1 is 1.20 bits per heavy atom. The smallest absolute Gasteiger partial charge is 0.0572 e. The Bertz CT molecular complexity index is 361. The van der Waals surface area contributed by atoms with E-state index in [0.717, 1.165) is 31.7 Å². The number of hydrogen-bond acceptors (Lipinski definition) is 4. The highest BCUT2D eigenvalue weighted by Crippen LogP contribution is 2.15. The van der Waals surface area contributed by atoms with Crippen molar-refractivity contribution in [1.82, 2.24) is 15.2 Å².